The molecule has 8 heteroatoms. The molecule has 0 spiro atoms. The van der Waals surface area contributed by atoms with Crippen LogP contribution in [0.4, 0.5) is 0 Å². The molecule has 124 valence electrons. The molecule has 0 aliphatic carbocycles. The number of benzene rings is 1. The topological polar surface area (TPSA) is 127 Å². The maximum Gasteiger partial charge on any atom is 0.340 e. The average Bonchev–Trinajstić information content (AvgIpc) is 2.54. The highest BCUT2D eigenvalue weighted by Crippen LogP contribution is 2.39. The smallest absolute Gasteiger partial charge is 0.340 e. The highest BCUT2D eigenvalue weighted by Gasteiger charge is 2.38. The van der Waals surface area contributed by atoms with Crippen molar-refractivity contribution in [3.8, 4) is 5.88 Å². The number of carbonyl (C=O) groups is 1. The van der Waals surface area contributed by atoms with E-state index in [1.165, 1.54) is 0 Å². The summed E-state index contributed by atoms with van der Waals surface area (Å²) in [4.78, 5) is 40.7. The van der Waals surface area contributed by atoms with Crippen molar-refractivity contribution in [2.45, 2.75) is 12.8 Å². The molecule has 0 saturated heterocycles. The maximum absolute atomic E-state index is 12.4. The quantitative estimate of drug-likeness (QED) is 0.696. The number of nitrogens with two attached hydrogens (primary N) is 1. The molecule has 1 aliphatic heterocycles. The molecule has 24 heavy (non-hydrogen) atoms. The first kappa shape index (κ1) is 15.6. The molecule has 2 heterocycles. The number of hydrogen-bond donors (Lipinski definition) is 3. The van der Waals surface area contributed by atoms with Crippen molar-refractivity contribution in [3.05, 3.63) is 73.8 Å². The zero-order chi connectivity index (χ0) is 17.3. The van der Waals surface area contributed by atoms with Crippen LogP contribution in [0.5, 0.6) is 5.88 Å². The molecule has 3 rings (SSSR count). The zero-order valence-electron chi connectivity index (χ0n) is 12.8. The van der Waals surface area contributed by atoms with Gasteiger partial charge in [0.25, 0.3) is 5.56 Å². The molecule has 1 aliphatic rings. The van der Waals surface area contributed by atoms with Crippen molar-refractivity contribution in [2.75, 3.05) is 6.61 Å². The van der Waals surface area contributed by atoms with Gasteiger partial charge in [-0.25, -0.2) is 9.59 Å². The summed E-state index contributed by atoms with van der Waals surface area (Å²) >= 11 is 0. The number of rotatable bonds is 3. The van der Waals surface area contributed by atoms with Crippen LogP contribution in [0.1, 0.15) is 24.0 Å². The third-order valence-corrected chi connectivity index (χ3v) is 3.63. The summed E-state index contributed by atoms with van der Waals surface area (Å²) < 4.78 is 10.3. The molecular formula is C16H15N3O5. The van der Waals surface area contributed by atoms with Gasteiger partial charge in [-0.2, -0.15) is 0 Å². The van der Waals surface area contributed by atoms with E-state index in [1.54, 1.807) is 37.3 Å². The van der Waals surface area contributed by atoms with Crippen molar-refractivity contribution in [3.63, 3.8) is 0 Å². The Hall–Kier alpha value is -3.29. The van der Waals surface area contributed by atoms with Crippen LogP contribution in [-0.2, 0) is 9.53 Å². The fourth-order valence-corrected chi connectivity index (χ4v) is 2.68. The van der Waals surface area contributed by atoms with Crippen LogP contribution in [0.15, 0.2) is 51.4 Å². The van der Waals surface area contributed by atoms with Crippen LogP contribution >= 0.6 is 0 Å². The van der Waals surface area contributed by atoms with Gasteiger partial charge in [0.1, 0.15) is 5.57 Å². The summed E-state index contributed by atoms with van der Waals surface area (Å²) in [5, 5.41) is 0. The number of nitrogens with one attached hydrogen (secondary N) is 2. The number of fused-ring (bicyclic) bond motifs is 1. The highest BCUT2D eigenvalue weighted by molar-refractivity contribution is 5.92. The third-order valence-electron chi connectivity index (χ3n) is 3.63. The maximum atomic E-state index is 12.4. The molecule has 8 nitrogen and oxygen atoms in total. The molecule has 0 saturated carbocycles. The van der Waals surface area contributed by atoms with Crippen molar-refractivity contribution in [1.82, 2.24) is 9.97 Å². The van der Waals surface area contributed by atoms with Crippen molar-refractivity contribution in [1.29, 1.82) is 0 Å². The first-order valence-electron chi connectivity index (χ1n) is 7.29. The lowest BCUT2D eigenvalue weighted by Gasteiger charge is -2.26. The molecule has 4 N–H and O–H groups in total. The van der Waals surface area contributed by atoms with Crippen molar-refractivity contribution in [2.24, 2.45) is 5.73 Å². The minimum atomic E-state index is -0.811. The van der Waals surface area contributed by atoms with Gasteiger partial charge in [0.15, 0.2) is 0 Å². The lowest BCUT2D eigenvalue weighted by atomic mass is 9.84. The number of esters is 1. The third kappa shape index (κ3) is 2.58. The molecule has 2 aromatic rings. The van der Waals surface area contributed by atoms with E-state index in [9.17, 15) is 14.4 Å². The number of carbonyl (C=O) groups excluding carboxylic acids is 1. The number of ether oxygens (including phenoxy) is 2. The SMILES string of the molecule is CCOC(=O)C1=C(N)Oc2[nH]c(=O)[nH]c(=O)c2C1c1ccccc1. The van der Waals surface area contributed by atoms with Crippen LogP contribution in [-0.4, -0.2) is 22.5 Å². The summed E-state index contributed by atoms with van der Waals surface area (Å²) in [5.41, 5.74) is 5.26. The van der Waals surface area contributed by atoms with E-state index in [1.807, 2.05) is 0 Å². The Kier molecular flexibility index (Phi) is 3.95. The number of hydrogen-bond acceptors (Lipinski definition) is 6. The van der Waals surface area contributed by atoms with E-state index >= 15 is 0 Å². The minimum Gasteiger partial charge on any atom is -0.462 e. The van der Waals surface area contributed by atoms with Gasteiger partial charge in [0.05, 0.1) is 18.1 Å². The van der Waals surface area contributed by atoms with Crippen LogP contribution in [0.3, 0.4) is 0 Å². The Morgan fingerprint density at radius 3 is 2.62 bits per heavy atom. The van der Waals surface area contributed by atoms with Gasteiger partial charge in [-0.05, 0) is 12.5 Å². The summed E-state index contributed by atoms with van der Waals surface area (Å²) in [6, 6.07) is 8.83. The first-order chi connectivity index (χ1) is 11.5. The van der Waals surface area contributed by atoms with E-state index in [4.69, 9.17) is 15.2 Å². The zero-order valence-corrected chi connectivity index (χ0v) is 12.8. The first-order valence-corrected chi connectivity index (χ1v) is 7.29. The fraction of sp³-hybridized carbons (Fsp3) is 0.188. The van der Waals surface area contributed by atoms with E-state index in [-0.39, 0.29) is 29.5 Å². The summed E-state index contributed by atoms with van der Waals surface area (Å²) in [6.07, 6.45) is 0. The van der Waals surface area contributed by atoms with Gasteiger partial charge in [0, 0.05) is 0 Å². The monoisotopic (exact) mass is 329 g/mol. The molecule has 1 unspecified atom stereocenters. The second-order valence-corrected chi connectivity index (χ2v) is 5.10. The Balaban J connectivity index is 2.28. The molecule has 0 amide bonds. The van der Waals surface area contributed by atoms with E-state index in [2.05, 4.69) is 9.97 Å². The normalized spacial score (nSPS) is 16.3. The Morgan fingerprint density at radius 2 is 1.96 bits per heavy atom. The van der Waals surface area contributed by atoms with E-state index in [0.717, 1.165) is 0 Å². The Bertz CT molecular complexity index is 927. The summed E-state index contributed by atoms with van der Waals surface area (Å²) in [7, 11) is 0. The predicted octanol–water partition coefficient (Wildman–Crippen LogP) is 0.321. The van der Waals surface area contributed by atoms with Crippen LogP contribution < -0.4 is 21.7 Å². The molecule has 0 bridgehead atoms. The second kappa shape index (κ2) is 6.07. The Labute approximate surface area is 135 Å². The van der Waals surface area contributed by atoms with Gasteiger partial charge >= 0.3 is 11.7 Å². The molecule has 1 aromatic carbocycles. The molecule has 0 fully saturated rings. The van der Waals surface area contributed by atoms with Gasteiger partial charge in [-0.3, -0.25) is 14.8 Å². The second-order valence-electron chi connectivity index (χ2n) is 5.10. The average molecular weight is 329 g/mol. The number of aromatic amines is 2. The van der Waals surface area contributed by atoms with Crippen LogP contribution in [0.2, 0.25) is 0 Å². The van der Waals surface area contributed by atoms with Gasteiger partial charge in [-0.1, -0.05) is 30.3 Å². The minimum absolute atomic E-state index is 0.0214. The molecule has 1 atom stereocenters. The fourth-order valence-electron chi connectivity index (χ4n) is 2.68. The summed E-state index contributed by atoms with van der Waals surface area (Å²) in [5.74, 6) is -1.78. The van der Waals surface area contributed by atoms with Gasteiger partial charge in [-0.15, -0.1) is 0 Å². The van der Waals surface area contributed by atoms with Crippen molar-refractivity contribution >= 4 is 5.97 Å². The van der Waals surface area contributed by atoms with Crippen LogP contribution in [0.25, 0.3) is 0 Å². The Morgan fingerprint density at radius 1 is 1.25 bits per heavy atom. The lowest BCUT2D eigenvalue weighted by molar-refractivity contribution is -0.139. The standard InChI is InChI=1S/C16H15N3O5/c1-2-23-15(21)10-9(8-6-4-3-5-7-8)11-13(20)18-16(22)19-14(11)24-12(10)17/h3-7,9H,2,17H2,1H3,(H2,18,19,20,22). The van der Waals surface area contributed by atoms with Crippen molar-refractivity contribution < 1.29 is 14.3 Å². The molecular weight excluding hydrogens is 314 g/mol. The van der Waals surface area contributed by atoms with E-state index < -0.39 is 23.1 Å². The lowest BCUT2D eigenvalue weighted by Crippen LogP contribution is -2.35. The molecule has 1 aromatic heterocycles. The summed E-state index contributed by atoms with van der Waals surface area (Å²) in [6.45, 7) is 1.81. The van der Waals surface area contributed by atoms with E-state index in [0.29, 0.717) is 5.56 Å². The number of aromatic nitrogens is 2. The van der Waals surface area contributed by atoms with Crippen LogP contribution in [0, 0.1) is 0 Å². The highest BCUT2D eigenvalue weighted by atomic mass is 16.5. The van der Waals surface area contributed by atoms with Gasteiger partial charge < -0.3 is 15.2 Å². The predicted molar refractivity (Wildman–Crippen MR) is 84.4 cm³/mol. The molecule has 0 radical (unpaired) electrons. The van der Waals surface area contributed by atoms with Gasteiger partial charge in [0.2, 0.25) is 11.8 Å². The largest absolute Gasteiger partial charge is 0.462 e. The number of H-pyrrole nitrogens is 2.